The largest absolute Gasteiger partial charge is 0.466 e. The van der Waals surface area contributed by atoms with Gasteiger partial charge in [0.25, 0.3) is 5.69 Å². The Kier molecular flexibility index (Phi) is 4.19. The SMILES string of the molecule is COC(=O)/C=C\c1cc(Br)cc([N+](=O)[O-])c1. The summed E-state index contributed by atoms with van der Waals surface area (Å²) in [6.45, 7) is 0. The van der Waals surface area contributed by atoms with Gasteiger partial charge in [-0.15, -0.1) is 0 Å². The summed E-state index contributed by atoms with van der Waals surface area (Å²) < 4.78 is 4.98. The lowest BCUT2D eigenvalue weighted by molar-refractivity contribution is -0.384. The number of nitro groups is 1. The Morgan fingerprint density at radius 3 is 2.75 bits per heavy atom. The number of carbonyl (C=O) groups excluding carboxylic acids is 1. The molecule has 0 radical (unpaired) electrons. The van der Waals surface area contributed by atoms with Gasteiger partial charge in [0.1, 0.15) is 0 Å². The Bertz CT molecular complexity index is 456. The average Bonchev–Trinajstić information content (AvgIpc) is 2.25. The summed E-state index contributed by atoms with van der Waals surface area (Å²) in [6, 6.07) is 4.41. The van der Waals surface area contributed by atoms with E-state index in [2.05, 4.69) is 20.7 Å². The second kappa shape index (κ2) is 5.41. The zero-order valence-electron chi connectivity index (χ0n) is 8.34. The van der Waals surface area contributed by atoms with Gasteiger partial charge in [-0.1, -0.05) is 15.9 Å². The van der Waals surface area contributed by atoms with Crippen molar-refractivity contribution in [1.29, 1.82) is 0 Å². The third-order valence-electron chi connectivity index (χ3n) is 1.73. The number of benzene rings is 1. The average molecular weight is 286 g/mol. The number of hydrogen-bond acceptors (Lipinski definition) is 4. The zero-order chi connectivity index (χ0) is 12.1. The van der Waals surface area contributed by atoms with E-state index in [0.29, 0.717) is 10.0 Å². The lowest BCUT2D eigenvalue weighted by Crippen LogP contribution is -1.93. The normalized spacial score (nSPS) is 10.4. The number of halogens is 1. The van der Waals surface area contributed by atoms with E-state index in [0.717, 1.165) is 0 Å². The van der Waals surface area contributed by atoms with Crippen LogP contribution in [0, 0.1) is 10.1 Å². The molecule has 1 aromatic rings. The van der Waals surface area contributed by atoms with Crippen molar-refractivity contribution in [2.45, 2.75) is 0 Å². The molecule has 5 nitrogen and oxygen atoms in total. The van der Waals surface area contributed by atoms with E-state index < -0.39 is 10.9 Å². The summed E-state index contributed by atoms with van der Waals surface area (Å²) in [5, 5.41) is 10.6. The van der Waals surface area contributed by atoms with Crippen LogP contribution in [0.5, 0.6) is 0 Å². The molecule has 0 N–H and O–H groups in total. The van der Waals surface area contributed by atoms with E-state index in [1.165, 1.54) is 31.4 Å². The minimum Gasteiger partial charge on any atom is -0.466 e. The van der Waals surface area contributed by atoms with Crippen LogP contribution in [-0.2, 0) is 9.53 Å². The molecule has 1 rings (SSSR count). The van der Waals surface area contributed by atoms with E-state index in [4.69, 9.17) is 0 Å². The molecule has 16 heavy (non-hydrogen) atoms. The standard InChI is InChI=1S/C10H8BrNO4/c1-16-10(13)3-2-7-4-8(11)6-9(5-7)12(14)15/h2-6H,1H3/b3-2-. The highest BCUT2D eigenvalue weighted by Crippen LogP contribution is 2.22. The molecular formula is C10H8BrNO4. The van der Waals surface area contributed by atoms with Gasteiger partial charge in [-0.05, 0) is 17.7 Å². The minimum atomic E-state index is -0.511. The molecule has 0 fully saturated rings. The Hall–Kier alpha value is -1.69. The molecule has 0 aliphatic rings. The molecule has 0 aliphatic carbocycles. The summed E-state index contributed by atoms with van der Waals surface area (Å²) in [6.07, 6.45) is 2.65. The van der Waals surface area contributed by atoms with Crippen LogP contribution in [0.15, 0.2) is 28.7 Å². The fourth-order valence-corrected chi connectivity index (χ4v) is 1.53. The van der Waals surface area contributed by atoms with E-state index in [-0.39, 0.29) is 5.69 Å². The van der Waals surface area contributed by atoms with Gasteiger partial charge < -0.3 is 4.74 Å². The molecule has 0 atom stereocenters. The number of carbonyl (C=O) groups is 1. The molecule has 0 saturated heterocycles. The lowest BCUT2D eigenvalue weighted by atomic mass is 10.2. The van der Waals surface area contributed by atoms with Crippen molar-refractivity contribution >= 4 is 33.7 Å². The van der Waals surface area contributed by atoms with Gasteiger partial charge in [-0.25, -0.2) is 4.79 Å². The van der Waals surface area contributed by atoms with Crippen LogP contribution in [-0.4, -0.2) is 18.0 Å². The first kappa shape index (κ1) is 12.4. The highest BCUT2D eigenvalue weighted by molar-refractivity contribution is 9.10. The van der Waals surface area contributed by atoms with Gasteiger partial charge >= 0.3 is 5.97 Å². The topological polar surface area (TPSA) is 69.4 Å². The molecule has 84 valence electrons. The van der Waals surface area contributed by atoms with Crippen molar-refractivity contribution < 1.29 is 14.5 Å². The van der Waals surface area contributed by atoms with Crippen LogP contribution in [0.25, 0.3) is 6.08 Å². The minimum absolute atomic E-state index is 0.0427. The van der Waals surface area contributed by atoms with Crippen molar-refractivity contribution in [2.24, 2.45) is 0 Å². The Balaban J connectivity index is 3.01. The van der Waals surface area contributed by atoms with Crippen LogP contribution < -0.4 is 0 Å². The number of nitro benzene ring substituents is 1. The maximum Gasteiger partial charge on any atom is 0.330 e. The molecule has 0 aromatic heterocycles. The lowest BCUT2D eigenvalue weighted by Gasteiger charge is -1.97. The third kappa shape index (κ3) is 3.47. The molecule has 0 spiro atoms. The molecular weight excluding hydrogens is 278 g/mol. The maximum absolute atomic E-state index is 10.8. The van der Waals surface area contributed by atoms with Crippen LogP contribution >= 0.6 is 15.9 Å². The van der Waals surface area contributed by atoms with Crippen LogP contribution in [0.4, 0.5) is 5.69 Å². The predicted octanol–water partition coefficient (Wildman–Crippen LogP) is 2.54. The van der Waals surface area contributed by atoms with E-state index in [9.17, 15) is 14.9 Å². The Morgan fingerprint density at radius 2 is 2.19 bits per heavy atom. The van der Waals surface area contributed by atoms with Crippen LogP contribution in [0.2, 0.25) is 0 Å². The molecule has 0 aliphatic heterocycles. The highest BCUT2D eigenvalue weighted by atomic mass is 79.9. The van der Waals surface area contributed by atoms with Crippen LogP contribution in [0.1, 0.15) is 5.56 Å². The zero-order valence-corrected chi connectivity index (χ0v) is 9.93. The maximum atomic E-state index is 10.8. The molecule has 0 unspecified atom stereocenters. The molecule has 0 amide bonds. The van der Waals surface area contributed by atoms with Gasteiger partial charge in [0.15, 0.2) is 0 Å². The van der Waals surface area contributed by atoms with Crippen molar-refractivity contribution in [1.82, 2.24) is 0 Å². The van der Waals surface area contributed by atoms with E-state index in [1.54, 1.807) is 6.07 Å². The molecule has 0 saturated carbocycles. The molecule has 0 bridgehead atoms. The van der Waals surface area contributed by atoms with Crippen molar-refractivity contribution in [3.63, 3.8) is 0 Å². The van der Waals surface area contributed by atoms with Crippen molar-refractivity contribution in [3.05, 3.63) is 44.4 Å². The smallest absolute Gasteiger partial charge is 0.330 e. The second-order valence-electron chi connectivity index (χ2n) is 2.86. The van der Waals surface area contributed by atoms with Gasteiger partial charge in [0.2, 0.25) is 0 Å². The third-order valence-corrected chi connectivity index (χ3v) is 2.19. The number of methoxy groups -OCH3 is 1. The van der Waals surface area contributed by atoms with E-state index in [1.807, 2.05) is 0 Å². The highest BCUT2D eigenvalue weighted by Gasteiger charge is 2.07. The van der Waals surface area contributed by atoms with Crippen molar-refractivity contribution in [3.8, 4) is 0 Å². The van der Waals surface area contributed by atoms with Crippen LogP contribution in [0.3, 0.4) is 0 Å². The monoisotopic (exact) mass is 285 g/mol. The summed E-state index contributed by atoms with van der Waals surface area (Å²) in [7, 11) is 1.26. The fraction of sp³-hybridized carbons (Fsp3) is 0.100. The number of rotatable bonds is 3. The Labute approximate surface area is 100.0 Å². The first-order chi connectivity index (χ1) is 7.52. The summed E-state index contributed by atoms with van der Waals surface area (Å²) in [5.41, 5.74) is 0.505. The van der Waals surface area contributed by atoms with Gasteiger partial charge in [-0.3, -0.25) is 10.1 Å². The summed E-state index contributed by atoms with van der Waals surface area (Å²) >= 11 is 3.15. The molecule has 1 aromatic carbocycles. The molecule has 0 heterocycles. The van der Waals surface area contributed by atoms with Gasteiger partial charge in [0.05, 0.1) is 12.0 Å². The van der Waals surface area contributed by atoms with Gasteiger partial charge in [0, 0.05) is 22.7 Å². The summed E-state index contributed by atoms with van der Waals surface area (Å²) in [4.78, 5) is 20.9. The number of non-ortho nitro benzene ring substituents is 1. The number of esters is 1. The van der Waals surface area contributed by atoms with E-state index >= 15 is 0 Å². The number of ether oxygens (including phenoxy) is 1. The number of hydrogen-bond donors (Lipinski definition) is 0. The molecule has 6 heteroatoms. The Morgan fingerprint density at radius 1 is 1.50 bits per heavy atom. The fourth-order valence-electron chi connectivity index (χ4n) is 1.03. The summed E-state index contributed by atoms with van der Waals surface area (Å²) in [5.74, 6) is -0.511. The first-order valence-electron chi connectivity index (χ1n) is 4.24. The quantitative estimate of drug-likeness (QED) is 0.370. The van der Waals surface area contributed by atoms with Gasteiger partial charge in [-0.2, -0.15) is 0 Å². The first-order valence-corrected chi connectivity index (χ1v) is 5.03. The van der Waals surface area contributed by atoms with Crippen molar-refractivity contribution in [2.75, 3.05) is 7.11 Å². The second-order valence-corrected chi connectivity index (χ2v) is 3.77. The number of nitrogens with zero attached hydrogens (tertiary/aromatic N) is 1. The predicted molar refractivity (Wildman–Crippen MR) is 61.8 cm³/mol.